The fourth-order valence-electron chi connectivity index (χ4n) is 1.52. The van der Waals surface area contributed by atoms with Gasteiger partial charge in [0.15, 0.2) is 6.61 Å². The van der Waals surface area contributed by atoms with E-state index in [0.29, 0.717) is 16.5 Å². The second-order valence-electron chi connectivity index (χ2n) is 3.87. The van der Waals surface area contributed by atoms with E-state index in [2.05, 4.69) is 15.3 Å². The molecule has 0 unspecified atom stereocenters. The van der Waals surface area contributed by atoms with Crippen molar-refractivity contribution in [2.24, 2.45) is 0 Å². The molecular weight excluding hydrogens is 298 g/mol. The number of carbonyl (C=O) groups is 1. The highest BCUT2D eigenvalue weighted by atomic mass is 35.5. The number of hydrogen-bond donors (Lipinski definition) is 2. The first kappa shape index (κ1) is 14.9. The van der Waals surface area contributed by atoms with Crippen LogP contribution in [-0.2, 0) is 4.79 Å². The van der Waals surface area contributed by atoms with Crippen LogP contribution in [-0.4, -0.2) is 34.8 Å². The molecule has 0 spiro atoms. The Labute approximate surface area is 125 Å². The summed E-state index contributed by atoms with van der Waals surface area (Å²) in [7, 11) is 1.53. The maximum atomic E-state index is 10.5. The molecular formula is C13H12ClN3O4. The Bertz CT molecular complexity index is 651. The lowest BCUT2D eigenvalue weighted by atomic mass is 10.3. The van der Waals surface area contributed by atoms with Crippen LogP contribution in [0.3, 0.4) is 0 Å². The Balaban J connectivity index is 2.18. The summed E-state index contributed by atoms with van der Waals surface area (Å²) in [5, 5.41) is 12.0. The molecule has 1 aromatic heterocycles. The molecule has 110 valence electrons. The van der Waals surface area contributed by atoms with Crippen LogP contribution >= 0.6 is 11.6 Å². The van der Waals surface area contributed by atoms with E-state index in [0.717, 1.165) is 0 Å². The molecule has 8 heteroatoms. The van der Waals surface area contributed by atoms with Gasteiger partial charge in [-0.1, -0.05) is 11.6 Å². The number of aliphatic carboxylic acids is 1. The molecule has 0 fully saturated rings. The first-order valence-electron chi connectivity index (χ1n) is 5.86. The van der Waals surface area contributed by atoms with E-state index in [1.807, 2.05) is 0 Å². The number of carboxylic acid groups (broad SMARTS) is 1. The summed E-state index contributed by atoms with van der Waals surface area (Å²) >= 11 is 5.93. The average Bonchev–Trinajstić information content (AvgIpc) is 2.46. The minimum atomic E-state index is -1.08. The summed E-state index contributed by atoms with van der Waals surface area (Å²) in [6.45, 7) is -0.475. The number of anilines is 2. The van der Waals surface area contributed by atoms with Gasteiger partial charge < -0.3 is 19.9 Å². The molecule has 7 nitrogen and oxygen atoms in total. The number of carboxylic acids is 1. The molecule has 0 aliphatic carbocycles. The van der Waals surface area contributed by atoms with Crippen molar-refractivity contribution in [2.75, 3.05) is 19.0 Å². The van der Waals surface area contributed by atoms with Gasteiger partial charge in [0.05, 0.1) is 12.8 Å². The summed E-state index contributed by atoms with van der Waals surface area (Å²) in [4.78, 5) is 18.5. The summed E-state index contributed by atoms with van der Waals surface area (Å²) in [6, 6.07) is 6.52. The normalized spacial score (nSPS) is 10.0. The van der Waals surface area contributed by atoms with Crippen molar-refractivity contribution in [2.45, 2.75) is 0 Å². The highest BCUT2D eigenvalue weighted by Crippen LogP contribution is 2.29. The SMILES string of the molecule is COc1ccc(Cl)cc1Nc1nccc(OCC(=O)O)n1. The van der Waals surface area contributed by atoms with Crippen molar-refractivity contribution in [3.63, 3.8) is 0 Å². The number of hydrogen-bond acceptors (Lipinski definition) is 6. The van der Waals surface area contributed by atoms with Crippen LogP contribution in [0.4, 0.5) is 11.6 Å². The Hall–Kier alpha value is -2.54. The van der Waals surface area contributed by atoms with Gasteiger partial charge >= 0.3 is 5.97 Å². The number of halogens is 1. The minimum absolute atomic E-state index is 0.149. The third-order valence-electron chi connectivity index (χ3n) is 2.38. The van der Waals surface area contributed by atoms with Gasteiger partial charge in [0.1, 0.15) is 5.75 Å². The predicted octanol–water partition coefficient (Wildman–Crippen LogP) is 2.35. The second kappa shape index (κ2) is 6.76. The first-order valence-corrected chi connectivity index (χ1v) is 6.24. The maximum Gasteiger partial charge on any atom is 0.341 e. The number of nitrogens with one attached hydrogen (secondary N) is 1. The van der Waals surface area contributed by atoms with Gasteiger partial charge in [-0.15, -0.1) is 0 Å². The van der Waals surface area contributed by atoms with Crippen LogP contribution in [0.25, 0.3) is 0 Å². The summed E-state index contributed by atoms with van der Waals surface area (Å²) in [5.41, 5.74) is 0.584. The van der Waals surface area contributed by atoms with Gasteiger partial charge in [0, 0.05) is 17.3 Å². The first-order chi connectivity index (χ1) is 10.1. The van der Waals surface area contributed by atoms with E-state index in [9.17, 15) is 4.79 Å². The highest BCUT2D eigenvalue weighted by molar-refractivity contribution is 6.30. The number of benzene rings is 1. The zero-order chi connectivity index (χ0) is 15.2. The molecule has 0 aliphatic heterocycles. The molecule has 0 amide bonds. The molecule has 0 radical (unpaired) electrons. The van der Waals surface area contributed by atoms with Crippen molar-refractivity contribution < 1.29 is 19.4 Å². The number of rotatable bonds is 6. The molecule has 21 heavy (non-hydrogen) atoms. The maximum absolute atomic E-state index is 10.5. The lowest BCUT2D eigenvalue weighted by Crippen LogP contribution is -2.10. The van der Waals surface area contributed by atoms with Crippen molar-refractivity contribution in [3.8, 4) is 11.6 Å². The van der Waals surface area contributed by atoms with E-state index in [4.69, 9.17) is 26.2 Å². The van der Waals surface area contributed by atoms with Gasteiger partial charge in [0.25, 0.3) is 0 Å². The van der Waals surface area contributed by atoms with E-state index < -0.39 is 12.6 Å². The average molecular weight is 310 g/mol. The molecule has 1 aromatic carbocycles. The van der Waals surface area contributed by atoms with Gasteiger partial charge in [0.2, 0.25) is 11.8 Å². The van der Waals surface area contributed by atoms with Gasteiger partial charge in [-0.05, 0) is 18.2 Å². The van der Waals surface area contributed by atoms with Crippen molar-refractivity contribution in [3.05, 3.63) is 35.5 Å². The van der Waals surface area contributed by atoms with Crippen LogP contribution in [0.15, 0.2) is 30.5 Å². The minimum Gasteiger partial charge on any atom is -0.495 e. The smallest absolute Gasteiger partial charge is 0.341 e. The largest absolute Gasteiger partial charge is 0.495 e. The van der Waals surface area contributed by atoms with E-state index in [1.54, 1.807) is 18.2 Å². The molecule has 0 atom stereocenters. The summed E-state index contributed by atoms with van der Waals surface area (Å²) in [6.07, 6.45) is 1.45. The fraction of sp³-hybridized carbons (Fsp3) is 0.154. The Morgan fingerprint density at radius 3 is 2.95 bits per heavy atom. The third-order valence-corrected chi connectivity index (χ3v) is 2.62. The molecule has 2 N–H and O–H groups in total. The molecule has 0 saturated carbocycles. The van der Waals surface area contributed by atoms with Crippen LogP contribution in [0, 0.1) is 0 Å². The zero-order valence-electron chi connectivity index (χ0n) is 11.0. The van der Waals surface area contributed by atoms with Gasteiger partial charge in [-0.25, -0.2) is 9.78 Å². The van der Waals surface area contributed by atoms with Crippen molar-refractivity contribution in [1.82, 2.24) is 9.97 Å². The van der Waals surface area contributed by atoms with Gasteiger partial charge in [-0.2, -0.15) is 4.98 Å². The molecule has 1 heterocycles. The number of aromatic nitrogens is 2. The number of methoxy groups -OCH3 is 1. The van der Waals surface area contributed by atoms with Crippen molar-refractivity contribution in [1.29, 1.82) is 0 Å². The van der Waals surface area contributed by atoms with Crippen LogP contribution in [0.5, 0.6) is 11.6 Å². The van der Waals surface area contributed by atoms with E-state index >= 15 is 0 Å². The lowest BCUT2D eigenvalue weighted by molar-refractivity contribution is -0.139. The second-order valence-corrected chi connectivity index (χ2v) is 4.31. The van der Waals surface area contributed by atoms with E-state index in [1.165, 1.54) is 19.4 Å². The standard InChI is InChI=1S/C13H12ClN3O4/c1-20-10-3-2-8(14)6-9(10)16-13-15-5-4-11(17-13)21-7-12(18)19/h2-6H,7H2,1H3,(H,18,19)(H,15,16,17). The molecule has 0 saturated heterocycles. The lowest BCUT2D eigenvalue weighted by Gasteiger charge is -2.10. The monoisotopic (exact) mass is 309 g/mol. The van der Waals surface area contributed by atoms with Crippen LogP contribution < -0.4 is 14.8 Å². The summed E-state index contributed by atoms with van der Waals surface area (Å²) < 4.78 is 10.2. The quantitative estimate of drug-likeness (QED) is 0.845. The Morgan fingerprint density at radius 2 is 2.24 bits per heavy atom. The summed E-state index contributed by atoms with van der Waals surface area (Å²) in [5.74, 6) is -0.131. The van der Waals surface area contributed by atoms with Crippen LogP contribution in [0.1, 0.15) is 0 Å². The molecule has 0 aliphatic rings. The fourth-order valence-corrected chi connectivity index (χ4v) is 1.69. The highest BCUT2D eigenvalue weighted by Gasteiger charge is 2.07. The number of nitrogens with zero attached hydrogens (tertiary/aromatic N) is 2. The van der Waals surface area contributed by atoms with Crippen molar-refractivity contribution >= 4 is 29.2 Å². The third kappa shape index (κ3) is 4.22. The Kier molecular flexibility index (Phi) is 4.78. The molecule has 2 rings (SSSR count). The van der Waals surface area contributed by atoms with Crippen LogP contribution in [0.2, 0.25) is 5.02 Å². The van der Waals surface area contributed by atoms with E-state index in [-0.39, 0.29) is 11.8 Å². The Morgan fingerprint density at radius 1 is 1.43 bits per heavy atom. The zero-order valence-corrected chi connectivity index (χ0v) is 11.8. The topological polar surface area (TPSA) is 93.6 Å². The molecule has 2 aromatic rings. The van der Waals surface area contributed by atoms with Gasteiger partial charge in [-0.3, -0.25) is 0 Å². The number of ether oxygens (including phenoxy) is 2. The molecule has 0 bridgehead atoms. The predicted molar refractivity (Wildman–Crippen MR) is 76.4 cm³/mol.